The number of pyridine rings is 1. The van der Waals surface area contributed by atoms with Gasteiger partial charge in [-0.15, -0.1) is 0 Å². The minimum Gasteiger partial charge on any atom is -0.236 e. The molecule has 16 heavy (non-hydrogen) atoms. The fourth-order valence-electron chi connectivity index (χ4n) is 1.51. The highest BCUT2D eigenvalue weighted by molar-refractivity contribution is 6.30. The number of fused-ring (bicyclic) bond motifs is 1. The minimum absolute atomic E-state index is 0.242. The summed E-state index contributed by atoms with van der Waals surface area (Å²) in [6.45, 7) is 1.52. The minimum atomic E-state index is -2.72. The molecule has 0 aliphatic heterocycles. The van der Waals surface area contributed by atoms with Gasteiger partial charge in [0, 0.05) is 5.39 Å². The highest BCUT2D eigenvalue weighted by Gasteiger charge is 2.15. The van der Waals surface area contributed by atoms with Gasteiger partial charge in [0.1, 0.15) is 11.0 Å². The van der Waals surface area contributed by atoms with Crippen molar-refractivity contribution in [1.29, 1.82) is 0 Å². The highest BCUT2D eigenvalue weighted by Crippen LogP contribution is 2.30. The number of aryl methyl sites for hydroxylation is 1. The predicted octanol–water partition coefficient (Wildman–Crippen LogP) is 4.27. The highest BCUT2D eigenvalue weighted by atomic mass is 35.5. The lowest BCUT2D eigenvalue weighted by atomic mass is 10.1. The first-order valence-electron chi connectivity index (χ1n) is 4.54. The lowest BCUT2D eigenvalue weighted by Crippen LogP contribution is -1.93. The van der Waals surface area contributed by atoms with Crippen LogP contribution < -0.4 is 0 Å². The molecule has 0 atom stereocenters. The monoisotopic (exact) mass is 245 g/mol. The van der Waals surface area contributed by atoms with Gasteiger partial charge in [-0.2, -0.15) is 0 Å². The fourth-order valence-corrected chi connectivity index (χ4v) is 1.73. The molecule has 2 aromatic rings. The number of hydrogen-bond acceptors (Lipinski definition) is 1. The zero-order valence-corrected chi connectivity index (χ0v) is 9.02. The summed E-state index contributed by atoms with van der Waals surface area (Å²) in [6.07, 6.45) is -2.72. The molecule has 0 bridgehead atoms. The van der Waals surface area contributed by atoms with Crippen LogP contribution in [-0.2, 0) is 0 Å². The molecule has 0 unspecified atom stereocenters. The van der Waals surface area contributed by atoms with Gasteiger partial charge in [-0.3, -0.25) is 0 Å². The smallest absolute Gasteiger partial charge is 0.236 e. The summed E-state index contributed by atoms with van der Waals surface area (Å²) in [7, 11) is 0. The number of hydrogen-bond donors (Lipinski definition) is 0. The van der Waals surface area contributed by atoms with Crippen molar-refractivity contribution in [3.8, 4) is 0 Å². The Balaban J connectivity index is 2.81. The zero-order chi connectivity index (χ0) is 11.9. The normalized spacial score (nSPS) is 11.4. The van der Waals surface area contributed by atoms with Crippen LogP contribution in [0.1, 0.15) is 17.6 Å². The SMILES string of the molecule is Cc1c(F)ccc2nc(Cl)c(C(F)F)cc12. The molecule has 0 aliphatic rings. The first kappa shape index (κ1) is 11.2. The van der Waals surface area contributed by atoms with Crippen LogP contribution in [0, 0.1) is 12.7 Å². The van der Waals surface area contributed by atoms with Gasteiger partial charge in [0.2, 0.25) is 0 Å². The van der Waals surface area contributed by atoms with Gasteiger partial charge in [0.05, 0.1) is 11.1 Å². The van der Waals surface area contributed by atoms with Crippen molar-refractivity contribution in [3.63, 3.8) is 0 Å². The van der Waals surface area contributed by atoms with Gasteiger partial charge < -0.3 is 0 Å². The molecule has 0 spiro atoms. The molecule has 0 fully saturated rings. The molecule has 0 N–H and O–H groups in total. The quantitative estimate of drug-likeness (QED) is 0.684. The molecule has 1 heterocycles. The topological polar surface area (TPSA) is 12.9 Å². The third-order valence-corrected chi connectivity index (χ3v) is 2.72. The summed E-state index contributed by atoms with van der Waals surface area (Å²) in [6, 6.07) is 3.84. The van der Waals surface area contributed by atoms with E-state index in [1.165, 1.54) is 25.1 Å². The van der Waals surface area contributed by atoms with Crippen LogP contribution in [0.3, 0.4) is 0 Å². The van der Waals surface area contributed by atoms with E-state index in [0.717, 1.165) is 0 Å². The van der Waals surface area contributed by atoms with Crippen molar-refractivity contribution in [3.05, 3.63) is 40.3 Å². The Hall–Kier alpha value is -1.29. The number of alkyl halides is 2. The summed E-state index contributed by atoms with van der Waals surface area (Å²) in [4.78, 5) is 3.82. The van der Waals surface area contributed by atoms with Gasteiger partial charge in [-0.05, 0) is 30.7 Å². The van der Waals surface area contributed by atoms with Crippen molar-refractivity contribution in [2.24, 2.45) is 0 Å². The molecule has 1 aromatic heterocycles. The van der Waals surface area contributed by atoms with E-state index < -0.39 is 12.2 Å². The van der Waals surface area contributed by atoms with E-state index in [4.69, 9.17) is 11.6 Å². The molecule has 0 radical (unpaired) electrons. The van der Waals surface area contributed by atoms with E-state index in [2.05, 4.69) is 4.98 Å². The van der Waals surface area contributed by atoms with Gasteiger partial charge in [-0.1, -0.05) is 11.6 Å². The Morgan fingerprint density at radius 1 is 1.31 bits per heavy atom. The number of benzene rings is 1. The van der Waals surface area contributed by atoms with Gasteiger partial charge in [0.15, 0.2) is 0 Å². The van der Waals surface area contributed by atoms with E-state index in [1.807, 2.05) is 0 Å². The molecule has 84 valence electrons. The summed E-state index contributed by atoms with van der Waals surface area (Å²) >= 11 is 5.61. The second kappa shape index (κ2) is 3.94. The second-order valence-electron chi connectivity index (χ2n) is 3.41. The van der Waals surface area contributed by atoms with Crippen LogP contribution in [0.2, 0.25) is 5.15 Å². The molecule has 1 nitrogen and oxygen atoms in total. The lowest BCUT2D eigenvalue weighted by molar-refractivity contribution is 0.151. The van der Waals surface area contributed by atoms with E-state index in [-0.39, 0.29) is 10.7 Å². The predicted molar refractivity (Wildman–Crippen MR) is 56.4 cm³/mol. The number of halogens is 4. The number of nitrogens with zero attached hydrogens (tertiary/aromatic N) is 1. The van der Waals surface area contributed by atoms with E-state index in [1.54, 1.807) is 0 Å². The number of rotatable bonds is 1. The Morgan fingerprint density at radius 2 is 2.00 bits per heavy atom. The first-order valence-corrected chi connectivity index (χ1v) is 4.92. The Kier molecular flexibility index (Phi) is 2.76. The fraction of sp³-hybridized carbons (Fsp3) is 0.182. The Morgan fingerprint density at radius 3 is 2.62 bits per heavy atom. The van der Waals surface area contributed by atoms with E-state index >= 15 is 0 Å². The summed E-state index contributed by atoms with van der Waals surface area (Å²) in [5, 5.41) is 0.119. The summed E-state index contributed by atoms with van der Waals surface area (Å²) in [5.41, 5.74) is 0.333. The standard InChI is InChI=1S/C11H7ClF3N/c1-5-6-4-7(11(14)15)10(12)16-9(6)3-2-8(5)13/h2-4,11H,1H3. The van der Waals surface area contributed by atoms with Gasteiger partial charge >= 0.3 is 0 Å². The lowest BCUT2D eigenvalue weighted by Gasteiger charge is -2.07. The number of aromatic nitrogens is 1. The zero-order valence-electron chi connectivity index (χ0n) is 8.27. The van der Waals surface area contributed by atoms with E-state index in [9.17, 15) is 13.2 Å². The maximum absolute atomic E-state index is 13.2. The first-order chi connectivity index (χ1) is 7.50. The largest absolute Gasteiger partial charge is 0.266 e. The van der Waals surface area contributed by atoms with Gasteiger partial charge in [-0.25, -0.2) is 18.2 Å². The van der Waals surface area contributed by atoms with Crippen molar-refractivity contribution in [1.82, 2.24) is 4.98 Å². The van der Waals surface area contributed by atoms with Crippen LogP contribution in [0.15, 0.2) is 18.2 Å². The maximum Gasteiger partial charge on any atom is 0.266 e. The average Bonchev–Trinajstić information content (AvgIpc) is 2.23. The molecular weight excluding hydrogens is 239 g/mol. The molecule has 2 rings (SSSR count). The van der Waals surface area contributed by atoms with Crippen molar-refractivity contribution < 1.29 is 13.2 Å². The molecule has 0 aliphatic carbocycles. The molecular formula is C11H7ClF3N. The molecule has 0 amide bonds. The van der Waals surface area contributed by atoms with Crippen LogP contribution in [-0.4, -0.2) is 4.98 Å². The molecule has 1 aromatic carbocycles. The maximum atomic E-state index is 13.2. The Bertz CT molecular complexity index is 554. The van der Waals surface area contributed by atoms with Crippen LogP contribution in [0.25, 0.3) is 10.9 Å². The van der Waals surface area contributed by atoms with Crippen molar-refractivity contribution in [2.75, 3.05) is 0 Å². The van der Waals surface area contributed by atoms with Crippen LogP contribution in [0.5, 0.6) is 0 Å². The second-order valence-corrected chi connectivity index (χ2v) is 3.77. The van der Waals surface area contributed by atoms with Crippen molar-refractivity contribution in [2.45, 2.75) is 13.3 Å². The molecule has 0 saturated carbocycles. The Labute approximate surface area is 94.9 Å². The molecule has 5 heteroatoms. The van der Waals surface area contributed by atoms with Crippen LogP contribution in [0.4, 0.5) is 13.2 Å². The average molecular weight is 246 g/mol. The summed E-state index contributed by atoms with van der Waals surface area (Å²) < 4.78 is 38.4. The van der Waals surface area contributed by atoms with E-state index in [0.29, 0.717) is 16.5 Å². The third kappa shape index (κ3) is 1.73. The molecule has 0 saturated heterocycles. The summed E-state index contributed by atoms with van der Waals surface area (Å²) in [5.74, 6) is -0.447. The van der Waals surface area contributed by atoms with Crippen molar-refractivity contribution >= 4 is 22.5 Å². The van der Waals surface area contributed by atoms with Crippen LogP contribution >= 0.6 is 11.6 Å². The van der Waals surface area contributed by atoms with Gasteiger partial charge in [0.25, 0.3) is 6.43 Å². The third-order valence-electron chi connectivity index (χ3n) is 2.42.